The maximum atomic E-state index is 12.8. The third kappa shape index (κ3) is 6.35. The van der Waals surface area contributed by atoms with Crippen LogP contribution < -0.4 is 10.0 Å². The summed E-state index contributed by atoms with van der Waals surface area (Å²) < 4.78 is 69.0. The van der Waals surface area contributed by atoms with Gasteiger partial charge in [-0.3, -0.25) is 9.59 Å². The number of nitrogens with one attached hydrogen (secondary N) is 2. The zero-order valence-electron chi connectivity index (χ0n) is 14.7. The molecular formula is C16H18ClF3N2O5S. The number of benzene rings is 1. The number of hydrogen-bond donors (Lipinski definition) is 2. The van der Waals surface area contributed by atoms with Gasteiger partial charge in [0.15, 0.2) is 6.61 Å². The molecule has 156 valence electrons. The number of esters is 1. The number of ether oxygens (including phenoxy) is 1. The van der Waals surface area contributed by atoms with Gasteiger partial charge < -0.3 is 10.1 Å². The number of hydrogen-bond acceptors (Lipinski definition) is 5. The van der Waals surface area contributed by atoms with E-state index in [-0.39, 0.29) is 6.04 Å². The first-order valence-corrected chi connectivity index (χ1v) is 10.1. The van der Waals surface area contributed by atoms with Gasteiger partial charge >= 0.3 is 12.1 Å². The second kappa shape index (κ2) is 8.66. The maximum absolute atomic E-state index is 12.8. The fraction of sp³-hybridized carbons (Fsp3) is 0.500. The van der Waals surface area contributed by atoms with E-state index in [0.29, 0.717) is 18.1 Å². The molecule has 1 unspecified atom stereocenters. The predicted molar refractivity (Wildman–Crippen MR) is 92.9 cm³/mol. The van der Waals surface area contributed by atoms with E-state index in [0.717, 1.165) is 18.9 Å². The Morgan fingerprint density at radius 1 is 1.32 bits per heavy atom. The molecule has 1 aromatic rings. The highest BCUT2D eigenvalue weighted by Crippen LogP contribution is 2.33. The molecule has 0 saturated heterocycles. The smallest absolute Gasteiger partial charge is 0.416 e. The SMILES string of the molecule is CC(NC(=O)COC(=O)CNS(=O)(=O)c1cc(C(F)(F)F)ccc1Cl)C1CC1. The third-order valence-corrected chi connectivity index (χ3v) is 5.92. The van der Waals surface area contributed by atoms with Gasteiger partial charge in [-0.2, -0.15) is 17.9 Å². The molecule has 2 N–H and O–H groups in total. The van der Waals surface area contributed by atoms with Gasteiger partial charge in [0.2, 0.25) is 10.0 Å². The Balaban J connectivity index is 1.90. The van der Waals surface area contributed by atoms with Gasteiger partial charge in [0.25, 0.3) is 5.91 Å². The fourth-order valence-corrected chi connectivity index (χ4v) is 3.82. The molecule has 0 aromatic heterocycles. The Bertz CT molecular complexity index is 856. The quantitative estimate of drug-likeness (QED) is 0.600. The Morgan fingerprint density at radius 3 is 2.54 bits per heavy atom. The lowest BCUT2D eigenvalue weighted by Crippen LogP contribution is -2.38. The normalized spacial score (nSPS) is 15.8. The van der Waals surface area contributed by atoms with Gasteiger partial charge in [0, 0.05) is 6.04 Å². The molecule has 2 rings (SSSR count). The molecular weight excluding hydrogens is 425 g/mol. The number of carbonyl (C=O) groups excluding carboxylic acids is 2. The highest BCUT2D eigenvalue weighted by molar-refractivity contribution is 7.89. The van der Waals surface area contributed by atoms with Crippen molar-refractivity contribution in [3.8, 4) is 0 Å². The zero-order valence-corrected chi connectivity index (χ0v) is 16.2. The monoisotopic (exact) mass is 442 g/mol. The van der Waals surface area contributed by atoms with Gasteiger partial charge in [0.1, 0.15) is 11.4 Å². The van der Waals surface area contributed by atoms with Gasteiger partial charge in [-0.25, -0.2) is 8.42 Å². The molecule has 0 spiro atoms. The first-order valence-electron chi connectivity index (χ1n) is 8.21. The van der Waals surface area contributed by atoms with E-state index in [1.54, 1.807) is 4.72 Å². The summed E-state index contributed by atoms with van der Waals surface area (Å²) in [6.45, 7) is 0.354. The largest absolute Gasteiger partial charge is 0.455 e. The van der Waals surface area contributed by atoms with Gasteiger partial charge in [-0.05, 0) is 43.9 Å². The topological polar surface area (TPSA) is 102 Å². The molecule has 1 aromatic carbocycles. The predicted octanol–water partition coefficient (Wildman–Crippen LogP) is 2.09. The van der Waals surface area contributed by atoms with E-state index in [1.807, 2.05) is 6.92 Å². The summed E-state index contributed by atoms with van der Waals surface area (Å²) in [4.78, 5) is 22.4. The lowest BCUT2D eigenvalue weighted by atomic mass is 10.2. The second-order valence-electron chi connectivity index (χ2n) is 6.32. The van der Waals surface area contributed by atoms with E-state index in [9.17, 15) is 31.2 Å². The molecule has 28 heavy (non-hydrogen) atoms. The zero-order chi connectivity index (χ0) is 21.1. The molecule has 1 fully saturated rings. The molecule has 0 radical (unpaired) electrons. The van der Waals surface area contributed by atoms with Crippen molar-refractivity contribution in [3.05, 3.63) is 28.8 Å². The maximum Gasteiger partial charge on any atom is 0.416 e. The number of sulfonamides is 1. The van der Waals surface area contributed by atoms with Crippen molar-refractivity contribution >= 4 is 33.5 Å². The molecule has 1 aliphatic rings. The van der Waals surface area contributed by atoms with Crippen LogP contribution in [0.3, 0.4) is 0 Å². The lowest BCUT2D eigenvalue weighted by molar-refractivity contribution is -0.147. The summed E-state index contributed by atoms with van der Waals surface area (Å²) in [5.41, 5.74) is -1.21. The molecule has 0 bridgehead atoms. The summed E-state index contributed by atoms with van der Waals surface area (Å²) in [7, 11) is -4.51. The highest BCUT2D eigenvalue weighted by Gasteiger charge is 2.33. The van der Waals surface area contributed by atoms with Crippen LogP contribution in [0, 0.1) is 5.92 Å². The Hall–Kier alpha value is -1.85. The first-order chi connectivity index (χ1) is 12.9. The fourth-order valence-electron chi connectivity index (χ4n) is 2.32. The average molecular weight is 443 g/mol. The van der Waals surface area contributed by atoms with Crippen molar-refractivity contribution in [2.45, 2.75) is 36.9 Å². The van der Waals surface area contributed by atoms with Crippen molar-refractivity contribution in [1.29, 1.82) is 0 Å². The van der Waals surface area contributed by atoms with Gasteiger partial charge in [-0.15, -0.1) is 0 Å². The third-order valence-electron chi connectivity index (χ3n) is 4.04. The summed E-state index contributed by atoms with van der Waals surface area (Å²) in [6, 6.07) is 1.75. The van der Waals surface area contributed by atoms with Crippen molar-refractivity contribution in [1.82, 2.24) is 10.0 Å². The Kier molecular flexibility index (Phi) is 6.94. The molecule has 7 nitrogen and oxygen atoms in total. The average Bonchev–Trinajstić information content (AvgIpc) is 3.42. The standard InChI is InChI=1S/C16H18ClF3N2O5S/c1-9(10-2-3-10)22-14(23)8-27-15(24)7-21-28(25,26)13-6-11(16(18,19)20)4-5-12(13)17/h4-6,9-10,21H,2-3,7-8H2,1H3,(H,22,23). The van der Waals surface area contributed by atoms with Crippen LogP contribution in [0.4, 0.5) is 13.2 Å². The minimum absolute atomic E-state index is 0.0484. The van der Waals surface area contributed by atoms with Crippen LogP contribution in [0.25, 0.3) is 0 Å². The van der Waals surface area contributed by atoms with Crippen LogP contribution in [-0.4, -0.2) is 39.5 Å². The van der Waals surface area contributed by atoms with Gasteiger partial charge in [-0.1, -0.05) is 11.6 Å². The molecule has 0 heterocycles. The molecule has 1 amide bonds. The minimum Gasteiger partial charge on any atom is -0.455 e. The van der Waals surface area contributed by atoms with Crippen molar-refractivity contribution in [3.63, 3.8) is 0 Å². The highest BCUT2D eigenvalue weighted by atomic mass is 35.5. The van der Waals surface area contributed by atoms with E-state index < -0.39 is 56.7 Å². The number of halogens is 4. The van der Waals surface area contributed by atoms with E-state index >= 15 is 0 Å². The number of rotatable bonds is 8. The Morgan fingerprint density at radius 2 is 1.96 bits per heavy atom. The van der Waals surface area contributed by atoms with Crippen LogP contribution in [0.15, 0.2) is 23.1 Å². The van der Waals surface area contributed by atoms with Crippen LogP contribution in [0.2, 0.25) is 5.02 Å². The molecule has 1 saturated carbocycles. The van der Waals surface area contributed by atoms with Crippen molar-refractivity contribution in [2.75, 3.05) is 13.2 Å². The first kappa shape index (κ1) is 22.4. The van der Waals surface area contributed by atoms with Crippen LogP contribution in [-0.2, 0) is 30.5 Å². The van der Waals surface area contributed by atoms with Crippen molar-refractivity contribution in [2.24, 2.45) is 5.92 Å². The summed E-state index contributed by atoms with van der Waals surface area (Å²) in [5, 5.41) is 2.20. The Labute approximate surface area is 164 Å². The number of alkyl halides is 3. The van der Waals surface area contributed by atoms with Gasteiger partial charge in [0.05, 0.1) is 10.6 Å². The van der Waals surface area contributed by atoms with Crippen LogP contribution in [0.1, 0.15) is 25.3 Å². The molecule has 12 heteroatoms. The minimum atomic E-state index is -4.77. The second-order valence-corrected chi connectivity index (χ2v) is 8.46. The van der Waals surface area contributed by atoms with Crippen molar-refractivity contribution < 1.29 is 35.9 Å². The van der Waals surface area contributed by atoms with Crippen LogP contribution >= 0.6 is 11.6 Å². The number of amides is 1. The molecule has 0 aliphatic heterocycles. The summed E-state index contributed by atoms with van der Waals surface area (Å²) in [5.74, 6) is -1.19. The summed E-state index contributed by atoms with van der Waals surface area (Å²) >= 11 is 5.67. The number of carbonyl (C=O) groups is 2. The lowest BCUT2D eigenvalue weighted by Gasteiger charge is -2.13. The van der Waals surface area contributed by atoms with E-state index in [1.165, 1.54) is 0 Å². The van der Waals surface area contributed by atoms with E-state index in [4.69, 9.17) is 11.6 Å². The van der Waals surface area contributed by atoms with Crippen LogP contribution in [0.5, 0.6) is 0 Å². The van der Waals surface area contributed by atoms with E-state index in [2.05, 4.69) is 10.1 Å². The molecule has 1 aliphatic carbocycles. The summed E-state index contributed by atoms with van der Waals surface area (Å²) in [6.07, 6.45) is -2.74. The molecule has 1 atom stereocenters.